The number of rotatable bonds is 12. The second-order valence-electron chi connectivity index (χ2n) is 20.1. The lowest BCUT2D eigenvalue weighted by molar-refractivity contribution is -0.138. The lowest BCUT2D eigenvalue weighted by Gasteiger charge is -2.52. The van der Waals surface area contributed by atoms with Crippen LogP contribution in [0.1, 0.15) is 162 Å². The van der Waals surface area contributed by atoms with Crippen LogP contribution in [0, 0.1) is 27.4 Å². The van der Waals surface area contributed by atoms with E-state index in [0.717, 1.165) is 60.9 Å². The number of hydrogen-bond acceptors (Lipinski definition) is 10. The first kappa shape index (κ1) is 34.8. The van der Waals surface area contributed by atoms with Crippen LogP contribution in [0.4, 0.5) is 26.3 Å². The normalized spacial score (nSPS) is 28.2. The summed E-state index contributed by atoms with van der Waals surface area (Å²) in [5.41, 5.74) is -6.00. The summed E-state index contributed by atoms with van der Waals surface area (Å²) in [4.78, 5) is 45.2. The van der Waals surface area contributed by atoms with Gasteiger partial charge in [0, 0.05) is 132 Å². The Labute approximate surface area is 478 Å². The summed E-state index contributed by atoms with van der Waals surface area (Å²) in [7, 11) is -6.39. The number of aromatic nitrogens is 2. The monoisotopic (exact) mass is 1090 g/mol. The Morgan fingerprint density at radius 1 is 0.618 bits per heavy atom. The Bertz CT molecular complexity index is 3420. The van der Waals surface area contributed by atoms with Gasteiger partial charge in [0.15, 0.2) is 0 Å². The van der Waals surface area contributed by atoms with Gasteiger partial charge in [-0.3, -0.25) is 39.2 Å². The number of alkyl halides is 6. The first-order chi connectivity index (χ1) is 44.9. The van der Waals surface area contributed by atoms with E-state index in [1.165, 1.54) is 14.7 Å². The average Bonchev–Trinajstić information content (AvgIpc) is 0.742. The third-order valence-electron chi connectivity index (χ3n) is 15.4. The lowest BCUT2D eigenvalue weighted by Crippen LogP contribution is -2.62. The highest BCUT2D eigenvalue weighted by atomic mass is 19.4. The quantitative estimate of drug-likeness (QED) is 0.128. The van der Waals surface area contributed by atoms with Crippen molar-refractivity contribution in [3.05, 3.63) is 129 Å². The molecule has 8 rings (SSSR count). The smallest absolute Gasteiger partial charge is 0.383 e. The zero-order valence-corrected chi connectivity index (χ0v) is 42.5. The number of likely N-dealkylation sites (tertiary alicyclic amines) is 2. The number of hydrogen-bond donors (Lipinski definition) is 0. The highest BCUT2D eigenvalue weighted by molar-refractivity contribution is 5.97. The molecule has 4 fully saturated rings. The van der Waals surface area contributed by atoms with Gasteiger partial charge in [-0.05, 0) is 139 Å². The van der Waals surface area contributed by atoms with Gasteiger partial charge in [-0.2, -0.15) is 26.3 Å². The van der Waals surface area contributed by atoms with Crippen LogP contribution in [-0.4, -0.2) is 167 Å². The molecule has 2 aromatic carbocycles. The van der Waals surface area contributed by atoms with Crippen LogP contribution in [0.2, 0.25) is 0 Å². The van der Waals surface area contributed by atoms with Crippen molar-refractivity contribution in [1.29, 1.82) is 0 Å². The van der Waals surface area contributed by atoms with E-state index in [2.05, 4.69) is 19.8 Å². The largest absolute Gasteiger partial charge is 0.416 e. The molecular weight excluding hydrogens is 987 g/mol. The highest BCUT2D eigenvalue weighted by Crippen LogP contribution is 2.38. The Morgan fingerprint density at radius 3 is 1.43 bits per heavy atom. The van der Waals surface area contributed by atoms with Crippen LogP contribution in [0.5, 0.6) is 0 Å². The Balaban J connectivity index is 0.000000278. The van der Waals surface area contributed by atoms with Crippen molar-refractivity contribution in [3.8, 4) is 0 Å². The molecule has 12 nitrogen and oxygen atoms in total. The maximum atomic E-state index is 13.7. The SMILES string of the molecule is [2H]C([2H])([2H])OC([2H])([2H])[C@@H](c1ccc(C(F)(F)F)cc1)N1CCN(C2(C)CCN(C(=O)c3c(C([2H])([2H])[2H])ccnc3C([2H])([2H])[2H])CC2)C[C@@H]1C.[2H]C([2H])([2H])OC([2H])([2H])[C@@]([2H])(c1ccc(C(F)(F)F)cc1)N1CCN(C2(C)CCN(C(=O)c3c(C([2H])([2H])[2H])ccnc3C([2H])([2H])[2H])CC2)C[C@@H]1C. The first-order valence-electron chi connectivity index (χ1n) is 36.2. The molecule has 6 heterocycles. The number of benzene rings is 2. The molecule has 4 aliphatic rings. The number of carbonyl (C=O) groups is 2. The minimum absolute atomic E-state index is 0.00658. The van der Waals surface area contributed by atoms with Crippen LogP contribution < -0.4 is 0 Å². The zero-order valence-electron chi connectivity index (χ0n) is 65.5. The van der Waals surface area contributed by atoms with E-state index >= 15 is 0 Å². The van der Waals surface area contributed by atoms with Crippen molar-refractivity contribution < 1.29 is 76.9 Å². The lowest BCUT2D eigenvalue weighted by atomic mass is 9.86. The maximum Gasteiger partial charge on any atom is 0.416 e. The zero-order chi connectivity index (χ0) is 74.8. The Hall–Kier alpha value is -4.98. The van der Waals surface area contributed by atoms with Crippen molar-refractivity contribution in [2.24, 2.45) is 0 Å². The number of methoxy groups -OCH3 is 2. The highest BCUT2D eigenvalue weighted by Gasteiger charge is 2.44. The van der Waals surface area contributed by atoms with Gasteiger partial charge in [0.05, 0.1) is 73.9 Å². The van der Waals surface area contributed by atoms with Gasteiger partial charge in [-0.15, -0.1) is 0 Å². The number of ether oxygens (including phenoxy) is 2. The molecule has 0 unspecified atom stereocenters. The maximum absolute atomic E-state index is 13.7. The number of pyridine rings is 2. The topological polar surface area (TPSA) is 97.8 Å². The number of halogens is 6. The molecule has 0 spiro atoms. The van der Waals surface area contributed by atoms with Gasteiger partial charge in [0.1, 0.15) is 0 Å². The van der Waals surface area contributed by atoms with Gasteiger partial charge >= 0.3 is 12.4 Å². The summed E-state index contributed by atoms with van der Waals surface area (Å²) in [5, 5.41) is 0. The molecule has 2 amide bonds. The van der Waals surface area contributed by atoms with Gasteiger partial charge in [-0.1, -0.05) is 24.3 Å². The van der Waals surface area contributed by atoms with Crippen LogP contribution in [0.25, 0.3) is 0 Å². The standard InChI is InChI=1S/2C29H39F3N4O2/c2*1-20-10-13-33-22(3)26(20)27(37)34-14-11-28(4,12-15-34)35-16-17-36(21(2)18-35)25(19-38-5)23-6-8-24(9-7-23)29(30,31)32/h2*6-10,13,21,25H,11-12,14-19H2,1-5H3/t2*21-,25-/m00/s1/i1D3,3D3,5D3,19D2,25D;1D3,3D3,5D3,19D2. The van der Waals surface area contributed by atoms with E-state index in [9.17, 15) is 37.3 Å². The summed E-state index contributed by atoms with van der Waals surface area (Å²) in [6, 6.07) is 4.42. The molecule has 18 heteroatoms. The number of piperidine rings is 2. The van der Waals surface area contributed by atoms with E-state index in [-0.39, 0.29) is 69.0 Å². The second-order valence-corrected chi connectivity index (χ2v) is 20.1. The van der Waals surface area contributed by atoms with Gasteiger partial charge in [0.2, 0.25) is 0 Å². The van der Waals surface area contributed by atoms with Crippen LogP contribution in [-0.2, 0) is 21.8 Å². The van der Waals surface area contributed by atoms with E-state index in [1.54, 1.807) is 18.7 Å². The van der Waals surface area contributed by atoms with Crippen molar-refractivity contribution in [2.75, 3.05) is 92.6 Å². The average molecular weight is 1090 g/mol. The van der Waals surface area contributed by atoms with Crippen LogP contribution in [0.3, 0.4) is 0 Å². The predicted molar refractivity (Wildman–Crippen MR) is 282 cm³/mol. The molecule has 0 aliphatic carbocycles. The number of nitrogens with zero attached hydrogens (tertiary/aromatic N) is 8. The summed E-state index contributed by atoms with van der Waals surface area (Å²) >= 11 is 0. The molecule has 4 atom stereocenters. The Kier molecular flexibility index (Phi) is 11.2. The molecule has 0 radical (unpaired) electrons. The Morgan fingerprint density at radius 2 is 1.04 bits per heavy atom. The van der Waals surface area contributed by atoms with Crippen LogP contribution >= 0.6 is 0 Å². The van der Waals surface area contributed by atoms with Crippen molar-refractivity contribution in [2.45, 2.75) is 128 Å². The molecule has 0 saturated carbocycles. The van der Waals surface area contributed by atoms with E-state index in [4.69, 9.17) is 39.6 Å². The molecule has 4 aliphatic heterocycles. The fourth-order valence-corrected chi connectivity index (χ4v) is 10.7. The van der Waals surface area contributed by atoms with Gasteiger partial charge in [-0.25, -0.2) is 0 Å². The first-order valence-corrected chi connectivity index (χ1v) is 24.7. The molecule has 4 aromatic rings. The van der Waals surface area contributed by atoms with E-state index in [0.29, 0.717) is 50.9 Å². The third kappa shape index (κ3) is 13.3. The minimum atomic E-state index is -4.69. The molecule has 4 saturated heterocycles. The van der Waals surface area contributed by atoms with Crippen molar-refractivity contribution >= 4 is 11.8 Å². The predicted octanol–water partition coefficient (Wildman–Crippen LogP) is 10.2. The van der Waals surface area contributed by atoms with E-state index in [1.807, 2.05) is 13.8 Å². The summed E-state index contributed by atoms with van der Waals surface area (Å²) in [6.07, 6.45) is -5.57. The molecule has 76 heavy (non-hydrogen) atoms. The third-order valence-corrected chi connectivity index (χ3v) is 15.4. The van der Waals surface area contributed by atoms with Crippen LogP contribution in [0.15, 0.2) is 73.1 Å². The van der Waals surface area contributed by atoms with Gasteiger partial charge in [0.25, 0.3) is 11.8 Å². The minimum Gasteiger partial charge on any atom is -0.383 e. The molecule has 416 valence electrons. The molecule has 0 bridgehead atoms. The van der Waals surface area contributed by atoms with Gasteiger partial charge < -0.3 is 19.3 Å². The molecular formula is C58H78F6N8O4. The molecule has 0 N–H and O–H groups in total. The summed E-state index contributed by atoms with van der Waals surface area (Å²) in [5.74, 6) is -1.50. The number of carbonyl (C=O) groups excluding carboxylic acids is 2. The number of piperazine rings is 2. The van der Waals surface area contributed by atoms with E-state index < -0.39 is 153 Å². The summed E-state index contributed by atoms with van der Waals surface area (Å²) in [6.45, 7) is -7.77. The number of amides is 2. The number of aryl methyl sites for hydroxylation is 4. The second kappa shape index (κ2) is 24.4. The fourth-order valence-electron chi connectivity index (χ4n) is 10.7. The summed E-state index contributed by atoms with van der Waals surface area (Å²) < 4.78 is 273. The molecule has 2 aromatic heterocycles. The van der Waals surface area contributed by atoms with Crippen molar-refractivity contribution in [1.82, 2.24) is 39.4 Å². The fraction of sp³-hybridized carbons (Fsp3) is 0.586. The van der Waals surface area contributed by atoms with Crippen molar-refractivity contribution in [3.63, 3.8) is 0 Å².